The number of rotatable bonds is 6. The van der Waals surface area contributed by atoms with E-state index in [1.54, 1.807) is 6.07 Å². The lowest BCUT2D eigenvalue weighted by Gasteiger charge is -2.16. The number of carbonyl (C=O) groups excluding carboxylic acids is 1. The molecule has 0 saturated carbocycles. The molecular formula is C18H18BrClFNO2. The molecule has 6 heteroatoms. The second kappa shape index (κ2) is 8.49. The fourth-order valence-electron chi connectivity index (χ4n) is 2.38. The molecule has 0 bridgehead atoms. The largest absolute Gasteiger partial charge is 0.481 e. The third kappa shape index (κ3) is 4.48. The molecule has 0 aliphatic carbocycles. The highest BCUT2D eigenvalue weighted by molar-refractivity contribution is 9.10. The quantitative estimate of drug-likeness (QED) is 0.689. The van der Waals surface area contributed by atoms with Crippen LogP contribution in [0, 0.1) is 5.82 Å². The summed E-state index contributed by atoms with van der Waals surface area (Å²) in [6.45, 7) is 3.70. The number of ether oxygens (including phenoxy) is 1. The Morgan fingerprint density at radius 1 is 1.25 bits per heavy atom. The van der Waals surface area contributed by atoms with Gasteiger partial charge in [0.05, 0.1) is 0 Å². The van der Waals surface area contributed by atoms with Gasteiger partial charge in [-0.25, -0.2) is 4.39 Å². The predicted molar refractivity (Wildman–Crippen MR) is 98.4 cm³/mol. The first-order valence-electron chi connectivity index (χ1n) is 7.64. The van der Waals surface area contributed by atoms with E-state index in [9.17, 15) is 9.18 Å². The van der Waals surface area contributed by atoms with Gasteiger partial charge in [0, 0.05) is 15.2 Å². The summed E-state index contributed by atoms with van der Waals surface area (Å²) in [5, 5.41) is 3.46. The van der Waals surface area contributed by atoms with Crippen molar-refractivity contribution in [1.82, 2.24) is 0 Å². The molecule has 3 nitrogen and oxygen atoms in total. The molecule has 0 aromatic heterocycles. The maximum atomic E-state index is 13.7. The van der Waals surface area contributed by atoms with Crippen molar-refractivity contribution in [1.29, 1.82) is 0 Å². The Balaban J connectivity index is 2.11. The first kappa shape index (κ1) is 18.7. The van der Waals surface area contributed by atoms with Crippen molar-refractivity contribution in [2.24, 2.45) is 0 Å². The first-order chi connectivity index (χ1) is 11.5. The van der Waals surface area contributed by atoms with E-state index >= 15 is 0 Å². The molecule has 1 N–H and O–H groups in total. The van der Waals surface area contributed by atoms with Crippen LogP contribution in [-0.2, 0) is 17.6 Å². The van der Waals surface area contributed by atoms with E-state index < -0.39 is 5.82 Å². The molecule has 0 radical (unpaired) electrons. The van der Waals surface area contributed by atoms with Gasteiger partial charge in [-0.3, -0.25) is 4.79 Å². The molecule has 1 amide bonds. The van der Waals surface area contributed by atoms with Crippen molar-refractivity contribution in [2.75, 3.05) is 11.9 Å². The predicted octanol–water partition coefficient (Wildman–Crippen LogP) is 5.38. The minimum absolute atomic E-state index is 0.0332. The average molecular weight is 415 g/mol. The molecule has 0 saturated heterocycles. The van der Waals surface area contributed by atoms with Crippen molar-refractivity contribution < 1.29 is 13.9 Å². The normalized spacial score (nSPS) is 10.5. The Bertz CT molecular complexity index is 752. The van der Waals surface area contributed by atoms with Crippen LogP contribution >= 0.6 is 27.5 Å². The summed E-state index contributed by atoms with van der Waals surface area (Å²) in [4.78, 5) is 12.2. The summed E-state index contributed by atoms with van der Waals surface area (Å²) < 4.78 is 19.6. The fraction of sp³-hybridized carbons (Fsp3) is 0.278. The lowest BCUT2D eigenvalue weighted by molar-refractivity contribution is -0.118. The molecule has 24 heavy (non-hydrogen) atoms. The molecule has 0 heterocycles. The number of amides is 1. The van der Waals surface area contributed by atoms with E-state index in [1.165, 1.54) is 12.1 Å². The van der Waals surface area contributed by atoms with Gasteiger partial charge in [-0.05, 0) is 48.2 Å². The summed E-state index contributed by atoms with van der Waals surface area (Å²) in [6, 6.07) is 8.14. The van der Waals surface area contributed by atoms with Gasteiger partial charge in [0.1, 0.15) is 0 Å². The number of aryl methyl sites for hydroxylation is 1. The number of carbonyl (C=O) groups is 1. The van der Waals surface area contributed by atoms with Crippen LogP contribution in [0.4, 0.5) is 10.1 Å². The monoisotopic (exact) mass is 413 g/mol. The molecule has 0 atom stereocenters. The van der Waals surface area contributed by atoms with Gasteiger partial charge in [-0.15, -0.1) is 0 Å². The van der Waals surface area contributed by atoms with Crippen molar-refractivity contribution in [3.05, 3.63) is 56.8 Å². The SMILES string of the molecule is CCc1ccc(Cl)c(CC)c1NC(=O)COc1ccc(Br)cc1F. The van der Waals surface area contributed by atoms with E-state index in [0.717, 1.165) is 23.2 Å². The van der Waals surface area contributed by atoms with Crippen molar-refractivity contribution >= 4 is 39.1 Å². The Kier molecular flexibility index (Phi) is 6.63. The summed E-state index contributed by atoms with van der Waals surface area (Å²) >= 11 is 9.39. The van der Waals surface area contributed by atoms with Gasteiger partial charge in [0.15, 0.2) is 18.2 Å². The minimum Gasteiger partial charge on any atom is -0.481 e. The Labute approximate surface area is 154 Å². The van der Waals surface area contributed by atoms with E-state index in [0.29, 0.717) is 15.9 Å². The van der Waals surface area contributed by atoms with Crippen LogP contribution in [0.25, 0.3) is 0 Å². The van der Waals surface area contributed by atoms with E-state index in [4.69, 9.17) is 16.3 Å². The molecule has 0 unspecified atom stereocenters. The maximum absolute atomic E-state index is 13.7. The fourth-order valence-corrected chi connectivity index (χ4v) is 3.00. The third-order valence-corrected chi connectivity index (χ3v) is 4.44. The van der Waals surface area contributed by atoms with Crippen LogP contribution in [0.5, 0.6) is 5.75 Å². The van der Waals surface area contributed by atoms with Crippen LogP contribution in [0.15, 0.2) is 34.8 Å². The summed E-state index contributed by atoms with van der Waals surface area (Å²) in [5.41, 5.74) is 2.61. The van der Waals surface area contributed by atoms with Crippen LogP contribution in [-0.4, -0.2) is 12.5 Å². The van der Waals surface area contributed by atoms with Crippen LogP contribution in [0.3, 0.4) is 0 Å². The first-order valence-corrected chi connectivity index (χ1v) is 8.81. The molecule has 128 valence electrons. The number of hydrogen-bond donors (Lipinski definition) is 1. The number of nitrogens with one attached hydrogen (secondary N) is 1. The Morgan fingerprint density at radius 2 is 2.00 bits per heavy atom. The molecule has 0 aliphatic rings. The molecule has 2 rings (SSSR count). The van der Waals surface area contributed by atoms with Crippen molar-refractivity contribution in [2.45, 2.75) is 26.7 Å². The maximum Gasteiger partial charge on any atom is 0.262 e. The van der Waals surface area contributed by atoms with E-state index in [-0.39, 0.29) is 18.3 Å². The lowest BCUT2D eigenvalue weighted by atomic mass is 10.0. The van der Waals surface area contributed by atoms with E-state index in [1.807, 2.05) is 26.0 Å². The smallest absolute Gasteiger partial charge is 0.262 e. The minimum atomic E-state index is -0.525. The summed E-state index contributed by atoms with van der Waals surface area (Å²) in [7, 11) is 0. The van der Waals surface area contributed by atoms with Crippen LogP contribution in [0.1, 0.15) is 25.0 Å². The molecule has 0 spiro atoms. The molecule has 0 aliphatic heterocycles. The topological polar surface area (TPSA) is 38.3 Å². The number of anilines is 1. The number of benzene rings is 2. The second-order valence-corrected chi connectivity index (χ2v) is 6.50. The number of halogens is 3. The highest BCUT2D eigenvalue weighted by Crippen LogP contribution is 2.29. The second-order valence-electron chi connectivity index (χ2n) is 5.18. The Hall–Kier alpha value is -1.59. The van der Waals surface area contributed by atoms with Gasteiger partial charge in [0.25, 0.3) is 5.91 Å². The van der Waals surface area contributed by atoms with Crippen LogP contribution < -0.4 is 10.1 Å². The van der Waals surface area contributed by atoms with Crippen molar-refractivity contribution in [3.8, 4) is 5.75 Å². The lowest BCUT2D eigenvalue weighted by Crippen LogP contribution is -2.22. The number of hydrogen-bond acceptors (Lipinski definition) is 2. The van der Waals surface area contributed by atoms with E-state index in [2.05, 4.69) is 21.2 Å². The van der Waals surface area contributed by atoms with Crippen LogP contribution in [0.2, 0.25) is 5.02 Å². The van der Waals surface area contributed by atoms with Gasteiger partial charge < -0.3 is 10.1 Å². The zero-order valence-electron chi connectivity index (χ0n) is 13.5. The highest BCUT2D eigenvalue weighted by Gasteiger charge is 2.14. The highest BCUT2D eigenvalue weighted by atomic mass is 79.9. The van der Waals surface area contributed by atoms with Gasteiger partial charge >= 0.3 is 0 Å². The van der Waals surface area contributed by atoms with Gasteiger partial charge in [0.2, 0.25) is 0 Å². The average Bonchev–Trinajstić information content (AvgIpc) is 2.54. The molecule has 2 aromatic carbocycles. The Morgan fingerprint density at radius 3 is 2.62 bits per heavy atom. The molecular weight excluding hydrogens is 397 g/mol. The summed E-state index contributed by atoms with van der Waals surface area (Å²) in [5.74, 6) is -0.849. The standard InChI is InChI=1S/C18H18BrClFNO2/c1-3-11-5-7-14(20)13(4-2)18(11)22-17(23)10-24-16-8-6-12(19)9-15(16)21/h5-9H,3-4,10H2,1-2H3,(H,22,23). The summed E-state index contributed by atoms with van der Waals surface area (Å²) in [6.07, 6.45) is 1.46. The molecule has 2 aromatic rings. The zero-order valence-corrected chi connectivity index (χ0v) is 15.8. The zero-order chi connectivity index (χ0) is 17.7. The molecule has 0 fully saturated rings. The van der Waals surface area contributed by atoms with Gasteiger partial charge in [-0.1, -0.05) is 47.4 Å². The van der Waals surface area contributed by atoms with Gasteiger partial charge in [-0.2, -0.15) is 0 Å². The third-order valence-electron chi connectivity index (χ3n) is 3.59. The van der Waals surface area contributed by atoms with Crippen molar-refractivity contribution in [3.63, 3.8) is 0 Å².